The lowest BCUT2D eigenvalue weighted by molar-refractivity contribution is -0.171. The molecule has 2 amide bonds. The number of hydrogen-bond donors (Lipinski definition) is 0. The van der Waals surface area contributed by atoms with E-state index in [4.69, 9.17) is 4.74 Å². The van der Waals surface area contributed by atoms with Gasteiger partial charge in [-0.2, -0.15) is 0 Å². The molecule has 2 fully saturated rings. The van der Waals surface area contributed by atoms with Crippen molar-refractivity contribution in [2.24, 2.45) is 0 Å². The van der Waals surface area contributed by atoms with E-state index in [1.54, 1.807) is 4.90 Å². The maximum Gasteiger partial charge on any atom is 0.411 e. The molecule has 0 unspecified atom stereocenters. The molecular weight excluding hydrogens is 396 g/mol. The standard InChI is InChI=1S/C22H36N2O3Si2/c1-9-22(2)18(19(25)24(22)21(28(3,4)5)29(6,7)8)23-17(15-27-20(23)26)16-13-11-10-12-14-16/h10-14,17-18,21H,9,15H2,1-8H3/t17-,18-,22-/m1/s1. The minimum atomic E-state index is -1.64. The molecule has 2 heterocycles. The van der Waals surface area contributed by atoms with Crippen molar-refractivity contribution < 1.29 is 14.3 Å². The van der Waals surface area contributed by atoms with Crippen LogP contribution in [0.15, 0.2) is 30.3 Å². The van der Waals surface area contributed by atoms with Gasteiger partial charge in [0.25, 0.3) is 0 Å². The third-order valence-electron chi connectivity index (χ3n) is 6.60. The first-order chi connectivity index (χ1) is 13.3. The van der Waals surface area contributed by atoms with Gasteiger partial charge in [-0.15, -0.1) is 0 Å². The van der Waals surface area contributed by atoms with E-state index in [9.17, 15) is 9.59 Å². The average Bonchev–Trinajstić information content (AvgIpc) is 2.99. The molecule has 7 heteroatoms. The summed E-state index contributed by atoms with van der Waals surface area (Å²) in [5, 5.41) is 0.331. The van der Waals surface area contributed by atoms with E-state index in [0.717, 1.165) is 12.0 Å². The summed E-state index contributed by atoms with van der Waals surface area (Å²) in [6.45, 7) is 18.8. The molecule has 2 aliphatic heterocycles. The fourth-order valence-corrected chi connectivity index (χ4v) is 18.4. The molecule has 0 aromatic heterocycles. The lowest BCUT2D eigenvalue weighted by atomic mass is 9.77. The second-order valence-electron chi connectivity index (χ2n) is 10.9. The molecule has 5 nitrogen and oxygen atoms in total. The molecule has 0 radical (unpaired) electrons. The predicted molar refractivity (Wildman–Crippen MR) is 122 cm³/mol. The summed E-state index contributed by atoms with van der Waals surface area (Å²) in [4.78, 5) is 30.4. The van der Waals surface area contributed by atoms with Gasteiger partial charge in [0.05, 0.1) is 27.7 Å². The van der Waals surface area contributed by atoms with Gasteiger partial charge in [0.2, 0.25) is 5.91 Å². The van der Waals surface area contributed by atoms with Gasteiger partial charge < -0.3 is 9.64 Å². The Kier molecular flexibility index (Phi) is 5.54. The van der Waals surface area contributed by atoms with Crippen molar-refractivity contribution in [1.29, 1.82) is 0 Å². The van der Waals surface area contributed by atoms with Crippen molar-refractivity contribution in [3.8, 4) is 0 Å². The molecular formula is C22H36N2O3Si2. The van der Waals surface area contributed by atoms with E-state index in [1.807, 2.05) is 30.3 Å². The lowest BCUT2D eigenvalue weighted by Crippen LogP contribution is -2.84. The van der Waals surface area contributed by atoms with E-state index in [0.29, 0.717) is 11.9 Å². The molecule has 29 heavy (non-hydrogen) atoms. The van der Waals surface area contributed by atoms with Crippen LogP contribution >= 0.6 is 0 Å². The van der Waals surface area contributed by atoms with Gasteiger partial charge in [-0.3, -0.25) is 9.69 Å². The molecule has 1 aromatic rings. The van der Waals surface area contributed by atoms with Gasteiger partial charge in [0.1, 0.15) is 12.6 Å². The Bertz CT molecular complexity index is 773. The average molecular weight is 433 g/mol. The molecule has 0 saturated carbocycles. The molecule has 1 aromatic carbocycles. The molecule has 2 saturated heterocycles. The molecule has 3 atom stereocenters. The van der Waals surface area contributed by atoms with Crippen LogP contribution < -0.4 is 0 Å². The first kappa shape index (κ1) is 22.1. The zero-order valence-corrected chi connectivity index (χ0v) is 21.2. The first-order valence-corrected chi connectivity index (χ1v) is 17.8. The van der Waals surface area contributed by atoms with Gasteiger partial charge in [-0.05, 0) is 18.9 Å². The Morgan fingerprint density at radius 1 is 1.07 bits per heavy atom. The number of benzene rings is 1. The number of β-lactam (4-membered cyclic amide) rings is 1. The quantitative estimate of drug-likeness (QED) is 0.484. The van der Waals surface area contributed by atoms with Gasteiger partial charge in [-0.1, -0.05) is 76.5 Å². The van der Waals surface area contributed by atoms with Gasteiger partial charge >= 0.3 is 6.09 Å². The van der Waals surface area contributed by atoms with Crippen LogP contribution in [0.2, 0.25) is 39.3 Å². The Hall–Kier alpha value is -1.61. The molecule has 0 spiro atoms. The third-order valence-corrected chi connectivity index (χ3v) is 15.6. The van der Waals surface area contributed by atoms with E-state index in [-0.39, 0.29) is 23.6 Å². The summed E-state index contributed by atoms with van der Waals surface area (Å²) < 4.78 is 5.44. The van der Waals surface area contributed by atoms with Crippen LogP contribution in [0, 0.1) is 0 Å². The highest BCUT2D eigenvalue weighted by molar-refractivity contribution is 6.96. The van der Waals surface area contributed by atoms with Gasteiger partial charge in [-0.25, -0.2) is 4.79 Å². The summed E-state index contributed by atoms with van der Waals surface area (Å²) >= 11 is 0. The number of amides is 2. The summed E-state index contributed by atoms with van der Waals surface area (Å²) in [5.41, 5.74) is 0.661. The number of likely N-dealkylation sites (tertiary alicyclic amines) is 1. The minimum absolute atomic E-state index is 0.101. The molecule has 0 N–H and O–H groups in total. The highest BCUT2D eigenvalue weighted by atomic mass is 28.4. The normalized spacial score (nSPS) is 28.0. The van der Waals surface area contributed by atoms with Crippen molar-refractivity contribution in [1.82, 2.24) is 9.80 Å². The highest BCUT2D eigenvalue weighted by Gasteiger charge is 2.66. The fraction of sp³-hybridized carbons (Fsp3) is 0.636. The number of carbonyl (C=O) groups is 2. The number of rotatable bonds is 6. The van der Waals surface area contributed by atoms with Crippen LogP contribution in [0.5, 0.6) is 0 Å². The Balaban J connectivity index is 2.01. The van der Waals surface area contributed by atoms with Gasteiger partial charge in [0, 0.05) is 5.29 Å². The number of cyclic esters (lactones) is 1. The highest BCUT2D eigenvalue weighted by Crippen LogP contribution is 2.47. The number of carbonyl (C=O) groups excluding carboxylic acids is 2. The number of ether oxygens (including phenoxy) is 1. The van der Waals surface area contributed by atoms with Crippen molar-refractivity contribution in [2.45, 2.75) is 82.5 Å². The second kappa shape index (κ2) is 7.27. The summed E-state index contributed by atoms with van der Waals surface area (Å²) in [6.07, 6.45) is 0.453. The SMILES string of the molecule is CC[C@]1(C)[C@H](N2C(=O)OC[C@@H]2c2ccccc2)C(=O)N1C([Si](C)(C)C)[Si](C)(C)C. The number of nitrogens with zero attached hydrogens (tertiary/aromatic N) is 2. The van der Waals surface area contributed by atoms with E-state index in [2.05, 4.69) is 58.0 Å². The predicted octanol–water partition coefficient (Wildman–Crippen LogP) is 4.68. The molecule has 0 bridgehead atoms. The maximum absolute atomic E-state index is 13.7. The van der Waals surface area contributed by atoms with E-state index >= 15 is 0 Å². The van der Waals surface area contributed by atoms with Gasteiger partial charge in [0.15, 0.2) is 0 Å². The maximum atomic E-state index is 13.7. The van der Waals surface area contributed by atoms with Crippen molar-refractivity contribution in [3.05, 3.63) is 35.9 Å². The van der Waals surface area contributed by atoms with E-state index in [1.165, 1.54) is 0 Å². The largest absolute Gasteiger partial charge is 0.447 e. The topological polar surface area (TPSA) is 49.9 Å². The van der Waals surface area contributed by atoms with Crippen molar-refractivity contribution in [3.63, 3.8) is 0 Å². The molecule has 160 valence electrons. The van der Waals surface area contributed by atoms with Crippen LogP contribution in [-0.2, 0) is 9.53 Å². The third kappa shape index (κ3) is 3.56. The van der Waals surface area contributed by atoms with Crippen LogP contribution in [0.3, 0.4) is 0 Å². The first-order valence-electron chi connectivity index (χ1n) is 10.7. The minimum Gasteiger partial charge on any atom is -0.447 e. The summed E-state index contributed by atoms with van der Waals surface area (Å²) in [6, 6.07) is 9.26. The smallest absolute Gasteiger partial charge is 0.411 e. The summed E-state index contributed by atoms with van der Waals surface area (Å²) in [5.74, 6) is 0.101. The Labute approximate surface area is 177 Å². The molecule has 3 rings (SSSR count). The Morgan fingerprint density at radius 3 is 2.10 bits per heavy atom. The van der Waals surface area contributed by atoms with Crippen LogP contribution in [0.1, 0.15) is 31.9 Å². The zero-order valence-electron chi connectivity index (χ0n) is 19.2. The van der Waals surface area contributed by atoms with Crippen LogP contribution in [0.4, 0.5) is 4.79 Å². The monoisotopic (exact) mass is 432 g/mol. The second-order valence-corrected chi connectivity index (χ2v) is 22.0. The van der Waals surface area contributed by atoms with Crippen molar-refractivity contribution in [2.75, 3.05) is 6.61 Å². The van der Waals surface area contributed by atoms with E-state index < -0.39 is 22.2 Å². The number of hydrogen-bond acceptors (Lipinski definition) is 3. The molecule has 2 aliphatic rings. The van der Waals surface area contributed by atoms with Crippen molar-refractivity contribution >= 4 is 28.1 Å². The lowest BCUT2D eigenvalue weighted by Gasteiger charge is -2.65. The molecule has 0 aliphatic carbocycles. The fourth-order valence-electron chi connectivity index (χ4n) is 5.64. The van der Waals surface area contributed by atoms with Crippen LogP contribution in [0.25, 0.3) is 0 Å². The Morgan fingerprint density at radius 2 is 1.62 bits per heavy atom. The zero-order chi connectivity index (χ0) is 21.8. The van der Waals surface area contributed by atoms with Crippen LogP contribution in [-0.4, -0.2) is 61.4 Å². The summed E-state index contributed by atoms with van der Waals surface area (Å²) in [7, 11) is -3.27.